The standard InChI is InChI=1S/C26H24Cl2N4O3/c1-13-22(29-15(3)24(13)32-23(33)12-27)11-20-19-10-17(6-9-21(19)31-26(20)35)25(34)30-14(2)16-4-7-18(28)8-5-16/h4-11,14,29H,12H2,1-3H3,(H,30,34)(H,31,35)(H,32,33)/b20-11-/t14-/m1/s1. The summed E-state index contributed by atoms with van der Waals surface area (Å²) in [6, 6.07) is 12.2. The van der Waals surface area contributed by atoms with E-state index in [1.807, 2.05) is 32.9 Å². The number of fused-ring (bicyclic) bond motifs is 1. The molecule has 0 unspecified atom stereocenters. The lowest BCUT2D eigenvalue weighted by molar-refractivity contribution is -0.114. The van der Waals surface area contributed by atoms with Crippen molar-refractivity contribution < 1.29 is 14.4 Å². The minimum absolute atomic E-state index is 0.155. The number of carbonyl (C=O) groups excluding carboxylic acids is 3. The molecular formula is C26H24Cl2N4O3. The van der Waals surface area contributed by atoms with E-state index in [1.165, 1.54) is 0 Å². The first-order chi connectivity index (χ1) is 16.7. The minimum Gasteiger partial charge on any atom is -0.357 e. The lowest BCUT2D eigenvalue weighted by Gasteiger charge is -2.15. The van der Waals surface area contributed by atoms with Crippen molar-refractivity contribution in [3.8, 4) is 0 Å². The van der Waals surface area contributed by atoms with Gasteiger partial charge in [0.25, 0.3) is 11.8 Å². The van der Waals surface area contributed by atoms with Crippen molar-refractivity contribution in [2.75, 3.05) is 16.5 Å². The van der Waals surface area contributed by atoms with Crippen molar-refractivity contribution in [1.29, 1.82) is 0 Å². The quantitative estimate of drug-likeness (QED) is 0.262. The number of alkyl halides is 1. The highest BCUT2D eigenvalue weighted by molar-refractivity contribution is 6.35. The molecular weight excluding hydrogens is 487 g/mol. The number of rotatable bonds is 6. The summed E-state index contributed by atoms with van der Waals surface area (Å²) in [4.78, 5) is 40.7. The summed E-state index contributed by atoms with van der Waals surface area (Å²) in [6.45, 7) is 5.56. The van der Waals surface area contributed by atoms with Crippen molar-refractivity contribution >= 4 is 63.9 Å². The highest BCUT2D eigenvalue weighted by Gasteiger charge is 2.26. The second kappa shape index (κ2) is 9.98. The summed E-state index contributed by atoms with van der Waals surface area (Å²) in [5.41, 5.74) is 5.86. The van der Waals surface area contributed by atoms with Crippen LogP contribution in [-0.2, 0) is 9.59 Å². The van der Waals surface area contributed by atoms with Gasteiger partial charge in [-0.15, -0.1) is 11.6 Å². The molecule has 0 aliphatic carbocycles. The molecule has 0 radical (unpaired) electrons. The van der Waals surface area contributed by atoms with Gasteiger partial charge in [-0.1, -0.05) is 23.7 Å². The van der Waals surface area contributed by atoms with Crippen LogP contribution in [-0.4, -0.2) is 28.6 Å². The van der Waals surface area contributed by atoms with Crippen LogP contribution in [0.25, 0.3) is 11.6 Å². The number of H-pyrrole nitrogens is 1. The maximum absolute atomic E-state index is 13.0. The monoisotopic (exact) mass is 510 g/mol. The molecule has 2 aromatic carbocycles. The molecule has 2 heterocycles. The fourth-order valence-electron chi connectivity index (χ4n) is 4.01. The summed E-state index contributed by atoms with van der Waals surface area (Å²) in [7, 11) is 0. The van der Waals surface area contributed by atoms with E-state index >= 15 is 0 Å². The zero-order valence-corrected chi connectivity index (χ0v) is 20.9. The van der Waals surface area contributed by atoms with Crippen LogP contribution in [0.4, 0.5) is 11.4 Å². The molecule has 1 aliphatic heterocycles. The minimum atomic E-state index is -0.316. The molecule has 1 aromatic heterocycles. The van der Waals surface area contributed by atoms with Crippen LogP contribution in [0.15, 0.2) is 42.5 Å². The Hall–Kier alpha value is -3.55. The molecule has 180 valence electrons. The number of halogens is 2. The van der Waals surface area contributed by atoms with Crippen LogP contribution in [0.2, 0.25) is 5.02 Å². The zero-order valence-electron chi connectivity index (χ0n) is 19.4. The lowest BCUT2D eigenvalue weighted by atomic mass is 10.0. The molecule has 35 heavy (non-hydrogen) atoms. The number of hydrogen-bond donors (Lipinski definition) is 4. The first kappa shape index (κ1) is 24.6. The van der Waals surface area contributed by atoms with Gasteiger partial charge >= 0.3 is 0 Å². The maximum atomic E-state index is 13.0. The van der Waals surface area contributed by atoms with E-state index in [9.17, 15) is 14.4 Å². The van der Waals surface area contributed by atoms with E-state index in [4.69, 9.17) is 23.2 Å². The second-order valence-electron chi connectivity index (χ2n) is 8.36. The van der Waals surface area contributed by atoms with Crippen LogP contribution < -0.4 is 16.0 Å². The third kappa shape index (κ3) is 5.11. The Morgan fingerprint density at radius 2 is 1.83 bits per heavy atom. The average molecular weight is 511 g/mol. The Bertz CT molecular complexity index is 1360. The summed E-state index contributed by atoms with van der Waals surface area (Å²) in [5, 5.41) is 9.21. The summed E-state index contributed by atoms with van der Waals surface area (Å²) in [5.74, 6) is -1.00. The van der Waals surface area contributed by atoms with Crippen molar-refractivity contribution in [1.82, 2.24) is 10.3 Å². The predicted molar refractivity (Wildman–Crippen MR) is 140 cm³/mol. The molecule has 3 amide bonds. The summed E-state index contributed by atoms with van der Waals surface area (Å²) in [6.07, 6.45) is 1.72. The molecule has 0 bridgehead atoms. The Labute approximate surface area is 212 Å². The molecule has 7 nitrogen and oxygen atoms in total. The number of aromatic amines is 1. The molecule has 0 saturated heterocycles. The molecule has 4 rings (SSSR count). The summed E-state index contributed by atoms with van der Waals surface area (Å²) >= 11 is 11.6. The number of aryl methyl sites for hydroxylation is 1. The van der Waals surface area contributed by atoms with Crippen LogP contribution in [0, 0.1) is 13.8 Å². The van der Waals surface area contributed by atoms with Gasteiger partial charge in [0.05, 0.1) is 17.3 Å². The van der Waals surface area contributed by atoms with Gasteiger partial charge in [0.1, 0.15) is 5.88 Å². The fourth-order valence-corrected chi connectivity index (χ4v) is 4.20. The van der Waals surface area contributed by atoms with Gasteiger partial charge in [-0.25, -0.2) is 0 Å². The molecule has 0 saturated carbocycles. The number of anilines is 2. The highest BCUT2D eigenvalue weighted by atomic mass is 35.5. The van der Waals surface area contributed by atoms with E-state index in [2.05, 4.69) is 20.9 Å². The number of hydrogen-bond acceptors (Lipinski definition) is 3. The first-order valence-corrected chi connectivity index (χ1v) is 11.9. The van der Waals surface area contributed by atoms with Gasteiger partial charge in [-0.3, -0.25) is 14.4 Å². The normalized spacial score (nSPS) is 14.4. The van der Waals surface area contributed by atoms with Gasteiger partial charge in [0.2, 0.25) is 5.91 Å². The molecule has 9 heteroatoms. The van der Waals surface area contributed by atoms with E-state index in [1.54, 1.807) is 36.4 Å². The van der Waals surface area contributed by atoms with Crippen molar-refractivity contribution in [3.63, 3.8) is 0 Å². The molecule has 0 spiro atoms. The first-order valence-electron chi connectivity index (χ1n) is 11.0. The zero-order chi connectivity index (χ0) is 25.3. The Balaban J connectivity index is 1.61. The predicted octanol–water partition coefficient (Wildman–Crippen LogP) is 5.45. The fraction of sp³-hybridized carbons (Fsp3) is 0.192. The molecule has 0 fully saturated rings. The van der Waals surface area contributed by atoms with Crippen LogP contribution in [0.5, 0.6) is 0 Å². The largest absolute Gasteiger partial charge is 0.357 e. The van der Waals surface area contributed by atoms with Crippen LogP contribution in [0.1, 0.15) is 51.4 Å². The van der Waals surface area contributed by atoms with E-state index in [0.29, 0.717) is 38.8 Å². The van der Waals surface area contributed by atoms with Gasteiger partial charge in [0, 0.05) is 33.2 Å². The molecule has 1 aliphatic rings. The van der Waals surface area contributed by atoms with E-state index in [0.717, 1.165) is 16.8 Å². The number of amides is 3. The van der Waals surface area contributed by atoms with E-state index in [-0.39, 0.29) is 29.6 Å². The van der Waals surface area contributed by atoms with Crippen LogP contribution >= 0.6 is 23.2 Å². The SMILES string of the molecule is Cc1[nH]c(/C=C2\C(=O)Nc3ccc(C(=O)N[C@H](C)c4ccc(Cl)cc4)cc32)c(C)c1NC(=O)CCl. The van der Waals surface area contributed by atoms with Crippen molar-refractivity contribution in [2.24, 2.45) is 0 Å². The average Bonchev–Trinajstić information content (AvgIpc) is 3.29. The smallest absolute Gasteiger partial charge is 0.256 e. The third-order valence-corrected chi connectivity index (χ3v) is 6.43. The van der Waals surface area contributed by atoms with Gasteiger partial charge < -0.3 is 20.9 Å². The Kier molecular flexibility index (Phi) is 7.00. The molecule has 4 N–H and O–H groups in total. The Morgan fingerprint density at radius 1 is 1.11 bits per heavy atom. The number of aromatic nitrogens is 1. The van der Waals surface area contributed by atoms with Crippen molar-refractivity contribution in [3.05, 3.63) is 81.1 Å². The van der Waals surface area contributed by atoms with Gasteiger partial charge in [-0.2, -0.15) is 0 Å². The van der Waals surface area contributed by atoms with Gasteiger partial charge in [0.15, 0.2) is 0 Å². The topological polar surface area (TPSA) is 103 Å². The number of nitrogens with one attached hydrogen (secondary N) is 4. The molecule has 1 atom stereocenters. The summed E-state index contributed by atoms with van der Waals surface area (Å²) < 4.78 is 0. The maximum Gasteiger partial charge on any atom is 0.256 e. The second-order valence-corrected chi connectivity index (χ2v) is 9.07. The number of benzene rings is 2. The van der Waals surface area contributed by atoms with Crippen LogP contribution in [0.3, 0.4) is 0 Å². The van der Waals surface area contributed by atoms with Crippen molar-refractivity contribution in [2.45, 2.75) is 26.8 Å². The third-order valence-electron chi connectivity index (χ3n) is 5.93. The molecule has 3 aromatic rings. The lowest BCUT2D eigenvalue weighted by Crippen LogP contribution is -2.26. The van der Waals surface area contributed by atoms with Gasteiger partial charge in [-0.05, 0) is 68.3 Å². The number of carbonyl (C=O) groups is 3. The Morgan fingerprint density at radius 3 is 2.51 bits per heavy atom. The van der Waals surface area contributed by atoms with E-state index < -0.39 is 0 Å². The highest BCUT2D eigenvalue weighted by Crippen LogP contribution is 2.35.